The highest BCUT2D eigenvalue weighted by atomic mass is 32.2. The van der Waals surface area contributed by atoms with Crippen molar-refractivity contribution in [2.45, 2.75) is 11.0 Å². The van der Waals surface area contributed by atoms with Crippen molar-refractivity contribution in [2.75, 3.05) is 6.54 Å². The van der Waals surface area contributed by atoms with E-state index in [1.54, 1.807) is 36.4 Å². The van der Waals surface area contributed by atoms with Gasteiger partial charge in [0.2, 0.25) is 10.0 Å². The Morgan fingerprint density at radius 1 is 1.00 bits per heavy atom. The molecule has 3 rings (SSSR count). The van der Waals surface area contributed by atoms with Gasteiger partial charge in [0.1, 0.15) is 17.4 Å². The first-order chi connectivity index (χ1) is 12.4. The highest BCUT2D eigenvalue weighted by molar-refractivity contribution is 7.89. The summed E-state index contributed by atoms with van der Waals surface area (Å²) in [6.45, 7) is -0.434. The third-order valence-electron chi connectivity index (χ3n) is 3.76. The predicted molar refractivity (Wildman–Crippen MR) is 90.7 cm³/mol. The van der Waals surface area contributed by atoms with Gasteiger partial charge in [-0.15, -0.1) is 0 Å². The lowest BCUT2D eigenvalue weighted by Gasteiger charge is -2.13. The molecule has 2 aromatic carbocycles. The molecule has 0 fully saturated rings. The average molecular weight is 379 g/mol. The number of benzene rings is 2. The second kappa shape index (κ2) is 7.36. The van der Waals surface area contributed by atoms with Crippen LogP contribution in [0.3, 0.4) is 0 Å². The molecule has 0 saturated carbocycles. The zero-order chi connectivity index (χ0) is 18.7. The molecular weight excluding hydrogens is 364 g/mol. The summed E-state index contributed by atoms with van der Waals surface area (Å²) in [4.78, 5) is -1.07. The summed E-state index contributed by atoms with van der Waals surface area (Å²) in [6.07, 6.45) is 0.347. The van der Waals surface area contributed by atoms with E-state index in [2.05, 4.69) is 0 Å². The minimum absolute atomic E-state index is 0.434. The van der Waals surface area contributed by atoms with Crippen molar-refractivity contribution in [1.82, 2.24) is 4.72 Å². The molecule has 136 valence electrons. The predicted octanol–water partition coefficient (Wildman–Crippen LogP) is 3.24. The number of rotatable bonds is 6. The van der Waals surface area contributed by atoms with Crippen LogP contribution in [0.1, 0.15) is 11.7 Å². The van der Waals surface area contributed by atoms with Crippen molar-refractivity contribution in [3.8, 4) is 11.3 Å². The number of aliphatic hydroxyl groups excluding tert-OH is 1. The monoisotopic (exact) mass is 379 g/mol. The van der Waals surface area contributed by atoms with Crippen LogP contribution in [0, 0.1) is 11.6 Å². The summed E-state index contributed by atoms with van der Waals surface area (Å²) in [7, 11) is -4.44. The van der Waals surface area contributed by atoms with Gasteiger partial charge in [0.25, 0.3) is 0 Å². The number of furan rings is 1. The molecule has 2 N–H and O–H groups in total. The Morgan fingerprint density at radius 2 is 1.65 bits per heavy atom. The fourth-order valence-corrected chi connectivity index (χ4v) is 3.60. The lowest BCUT2D eigenvalue weighted by atomic mass is 10.1. The Kier molecular flexibility index (Phi) is 5.17. The van der Waals surface area contributed by atoms with Crippen LogP contribution in [-0.2, 0) is 10.0 Å². The molecule has 8 heteroatoms. The molecule has 1 atom stereocenters. The number of sulfonamides is 1. The van der Waals surface area contributed by atoms with E-state index in [-0.39, 0.29) is 0 Å². The van der Waals surface area contributed by atoms with Gasteiger partial charge in [-0.25, -0.2) is 21.9 Å². The van der Waals surface area contributed by atoms with E-state index >= 15 is 0 Å². The molecule has 0 aliphatic rings. The normalized spacial score (nSPS) is 12.9. The summed E-state index contributed by atoms with van der Waals surface area (Å²) in [5, 5.41) is 10.2. The molecule has 0 radical (unpaired) electrons. The maximum Gasteiger partial charge on any atom is 0.246 e. The molecule has 0 aliphatic carbocycles. The summed E-state index contributed by atoms with van der Waals surface area (Å²) < 4.78 is 58.8. The maximum atomic E-state index is 13.6. The topological polar surface area (TPSA) is 79.5 Å². The lowest BCUT2D eigenvalue weighted by molar-refractivity contribution is 0.182. The van der Waals surface area contributed by atoms with Crippen LogP contribution in [-0.4, -0.2) is 20.1 Å². The molecule has 0 bridgehead atoms. The first kappa shape index (κ1) is 18.2. The molecule has 5 nitrogen and oxygen atoms in total. The van der Waals surface area contributed by atoms with Crippen molar-refractivity contribution in [3.63, 3.8) is 0 Å². The number of hydrogen-bond acceptors (Lipinski definition) is 4. The SMILES string of the molecule is O=S(=O)(NC[C@@H](O)c1ccc(-c2ccco2)cc1)c1c(F)cccc1F. The molecule has 1 aromatic heterocycles. The van der Waals surface area contributed by atoms with Gasteiger partial charge in [0.05, 0.1) is 12.4 Å². The van der Waals surface area contributed by atoms with Crippen LogP contribution < -0.4 is 4.72 Å². The van der Waals surface area contributed by atoms with E-state index in [1.165, 1.54) is 6.26 Å². The highest BCUT2D eigenvalue weighted by Crippen LogP contribution is 2.23. The van der Waals surface area contributed by atoms with Crippen LogP contribution in [0.15, 0.2) is 70.2 Å². The third-order valence-corrected chi connectivity index (χ3v) is 5.23. The first-order valence-corrected chi connectivity index (χ1v) is 9.12. The minimum atomic E-state index is -4.44. The van der Waals surface area contributed by atoms with Gasteiger partial charge in [-0.2, -0.15) is 0 Å². The molecule has 26 heavy (non-hydrogen) atoms. The van der Waals surface area contributed by atoms with Crippen molar-refractivity contribution in [2.24, 2.45) is 0 Å². The molecule has 0 unspecified atom stereocenters. The minimum Gasteiger partial charge on any atom is -0.464 e. The van der Waals surface area contributed by atoms with Crippen molar-refractivity contribution >= 4 is 10.0 Å². The standard InChI is InChI=1S/C18H15F2NO4S/c19-14-3-1-4-15(20)18(14)26(23,24)21-11-16(22)12-6-8-13(9-7-12)17-5-2-10-25-17/h1-10,16,21-22H,11H2/t16-/m1/s1. The quantitative estimate of drug-likeness (QED) is 0.689. The van der Waals surface area contributed by atoms with Gasteiger partial charge in [-0.3, -0.25) is 0 Å². The van der Waals surface area contributed by atoms with E-state index in [1.807, 2.05) is 4.72 Å². The third kappa shape index (κ3) is 3.82. The summed E-state index contributed by atoms with van der Waals surface area (Å²) in [6, 6.07) is 12.9. The zero-order valence-corrected chi connectivity index (χ0v) is 14.2. The smallest absolute Gasteiger partial charge is 0.246 e. The van der Waals surface area contributed by atoms with Crippen LogP contribution in [0.2, 0.25) is 0 Å². The molecule has 0 aliphatic heterocycles. The van der Waals surface area contributed by atoms with E-state index in [0.29, 0.717) is 11.3 Å². The van der Waals surface area contributed by atoms with E-state index in [0.717, 1.165) is 23.8 Å². The Labute approximate surface area is 149 Å². The fraction of sp³-hybridized carbons (Fsp3) is 0.111. The second-order valence-electron chi connectivity index (χ2n) is 5.52. The Balaban J connectivity index is 1.71. The zero-order valence-electron chi connectivity index (χ0n) is 13.4. The van der Waals surface area contributed by atoms with Crippen molar-refractivity contribution in [3.05, 3.63) is 78.1 Å². The van der Waals surface area contributed by atoms with Gasteiger partial charge >= 0.3 is 0 Å². The molecule has 3 aromatic rings. The van der Waals surface area contributed by atoms with E-state index < -0.39 is 39.2 Å². The Bertz CT molecular complexity index is 966. The lowest BCUT2D eigenvalue weighted by Crippen LogP contribution is -2.30. The highest BCUT2D eigenvalue weighted by Gasteiger charge is 2.24. The average Bonchev–Trinajstić information content (AvgIpc) is 3.14. The molecule has 0 amide bonds. The number of nitrogens with one attached hydrogen (secondary N) is 1. The Morgan fingerprint density at radius 3 is 2.23 bits per heavy atom. The molecule has 1 heterocycles. The van der Waals surface area contributed by atoms with Crippen molar-refractivity contribution in [1.29, 1.82) is 0 Å². The molecule has 0 spiro atoms. The number of hydrogen-bond donors (Lipinski definition) is 2. The molecular formula is C18H15F2NO4S. The summed E-state index contributed by atoms with van der Waals surface area (Å²) >= 11 is 0. The van der Waals surface area contributed by atoms with Gasteiger partial charge < -0.3 is 9.52 Å². The van der Waals surface area contributed by atoms with Crippen LogP contribution >= 0.6 is 0 Å². The van der Waals surface area contributed by atoms with Crippen molar-refractivity contribution < 1.29 is 26.7 Å². The summed E-state index contributed by atoms with van der Waals surface area (Å²) in [5.74, 6) is -1.74. The van der Waals surface area contributed by atoms with Crippen LogP contribution in [0.25, 0.3) is 11.3 Å². The first-order valence-electron chi connectivity index (χ1n) is 7.64. The molecule has 0 saturated heterocycles. The van der Waals surface area contributed by atoms with Gasteiger partial charge in [0.15, 0.2) is 4.90 Å². The van der Waals surface area contributed by atoms with Gasteiger partial charge in [-0.05, 0) is 29.8 Å². The van der Waals surface area contributed by atoms with E-state index in [4.69, 9.17) is 4.42 Å². The fourth-order valence-electron chi connectivity index (χ4n) is 2.43. The number of aliphatic hydroxyl groups is 1. The summed E-state index contributed by atoms with van der Waals surface area (Å²) in [5.41, 5.74) is 1.23. The maximum absolute atomic E-state index is 13.6. The second-order valence-corrected chi connectivity index (χ2v) is 7.22. The van der Waals surface area contributed by atoms with Gasteiger partial charge in [-0.1, -0.05) is 30.3 Å². The van der Waals surface area contributed by atoms with Crippen LogP contribution in [0.4, 0.5) is 8.78 Å². The van der Waals surface area contributed by atoms with Gasteiger partial charge in [0, 0.05) is 12.1 Å². The Hall–Kier alpha value is -2.55. The van der Waals surface area contributed by atoms with Crippen LogP contribution in [0.5, 0.6) is 0 Å². The largest absolute Gasteiger partial charge is 0.464 e. The van der Waals surface area contributed by atoms with E-state index in [9.17, 15) is 22.3 Å². The number of halogens is 2.